The molecule has 112 valence electrons. The van der Waals surface area contributed by atoms with Crippen LogP contribution in [0, 0.1) is 0 Å². The summed E-state index contributed by atoms with van der Waals surface area (Å²) in [5.74, 6) is 0. The Morgan fingerprint density at radius 3 is 1.67 bits per heavy atom. The summed E-state index contributed by atoms with van der Waals surface area (Å²) in [6, 6.07) is 19.9. The molecule has 2 aromatic rings. The number of rotatable bonds is 4. The molecule has 0 unspecified atom stereocenters. The van der Waals surface area contributed by atoms with Gasteiger partial charge in [0.2, 0.25) is 0 Å². The van der Waals surface area contributed by atoms with Crippen molar-refractivity contribution in [3.63, 3.8) is 0 Å². The van der Waals surface area contributed by atoms with E-state index < -0.39 is 4.25 Å². The van der Waals surface area contributed by atoms with Crippen molar-refractivity contribution < 1.29 is 9.53 Å². The van der Waals surface area contributed by atoms with E-state index in [1.54, 1.807) is 0 Å². The monoisotopic (exact) mass is 414 g/mol. The maximum atomic E-state index is 13.0. The molecule has 4 heteroatoms. The molecule has 0 aliphatic carbocycles. The molecule has 0 atom stereocenters. The van der Waals surface area contributed by atoms with Gasteiger partial charge in [-0.05, 0) is 0 Å². The Morgan fingerprint density at radius 2 is 1.33 bits per heavy atom. The van der Waals surface area contributed by atoms with Gasteiger partial charge in [-0.3, -0.25) is 0 Å². The van der Waals surface area contributed by atoms with E-state index in [1.165, 1.54) is 0 Å². The first kappa shape index (κ1) is 16.4. The Labute approximate surface area is 139 Å². The molecule has 0 heterocycles. The van der Waals surface area contributed by atoms with Crippen molar-refractivity contribution in [1.29, 1.82) is 0 Å². The minimum absolute atomic E-state index is 0.117. The molecule has 21 heavy (non-hydrogen) atoms. The summed E-state index contributed by atoms with van der Waals surface area (Å²) in [5.41, 5.74) is -0.117. The number of hydrogen-bond donors (Lipinski definition) is 0. The summed E-state index contributed by atoms with van der Waals surface area (Å²) in [5, 5.41) is 2.09. The zero-order chi connectivity index (χ0) is 15.5. The van der Waals surface area contributed by atoms with Crippen molar-refractivity contribution in [2.24, 2.45) is 0 Å². The molecule has 0 spiro atoms. The SMILES string of the molecule is CC(C)OC(=O)P(C)(I)(c1ccccc1)c1ccccc1. The van der Waals surface area contributed by atoms with Gasteiger partial charge in [-0.15, -0.1) is 0 Å². The molecular weight excluding hydrogens is 394 g/mol. The first-order valence-corrected chi connectivity index (χ1v) is 12.4. The van der Waals surface area contributed by atoms with Gasteiger partial charge in [-0.1, -0.05) is 0 Å². The summed E-state index contributed by atoms with van der Waals surface area (Å²) in [6.45, 7) is 5.84. The van der Waals surface area contributed by atoms with Gasteiger partial charge in [0.25, 0.3) is 0 Å². The van der Waals surface area contributed by atoms with E-state index in [1.807, 2.05) is 74.5 Å². The molecule has 0 fully saturated rings. The van der Waals surface area contributed by atoms with E-state index in [-0.39, 0.29) is 11.8 Å². The van der Waals surface area contributed by atoms with Crippen molar-refractivity contribution in [2.75, 3.05) is 6.66 Å². The third-order valence-corrected chi connectivity index (χ3v) is 12.1. The van der Waals surface area contributed by atoms with Gasteiger partial charge < -0.3 is 0 Å². The molecule has 2 aromatic carbocycles. The van der Waals surface area contributed by atoms with E-state index in [0.717, 1.165) is 10.6 Å². The van der Waals surface area contributed by atoms with Gasteiger partial charge in [0.15, 0.2) is 0 Å². The van der Waals surface area contributed by atoms with Crippen molar-refractivity contribution in [3.05, 3.63) is 60.7 Å². The fourth-order valence-electron chi connectivity index (χ4n) is 2.25. The van der Waals surface area contributed by atoms with Crippen molar-refractivity contribution >= 4 is 42.6 Å². The standard InChI is InChI=1S/C17H20IO2P/c1-14(2)20-17(19)21(3,18,15-10-6-4-7-11-15)16-12-8-5-9-13-16/h4-14H,1-3H3. The molecule has 0 bridgehead atoms. The summed E-state index contributed by atoms with van der Waals surface area (Å²) >= 11 is 2.36. The zero-order valence-corrected chi connectivity index (χ0v) is 15.5. The third-order valence-electron chi connectivity index (χ3n) is 3.51. The zero-order valence-electron chi connectivity index (χ0n) is 12.5. The van der Waals surface area contributed by atoms with Crippen LogP contribution >= 0.6 is 26.3 Å². The molecule has 0 amide bonds. The van der Waals surface area contributed by atoms with E-state index in [9.17, 15) is 4.79 Å². The first-order chi connectivity index (χ1) is 9.85. The van der Waals surface area contributed by atoms with Crippen LogP contribution in [-0.4, -0.2) is 18.5 Å². The quantitative estimate of drug-likeness (QED) is 0.535. The van der Waals surface area contributed by atoms with Gasteiger partial charge in [0, 0.05) is 0 Å². The van der Waals surface area contributed by atoms with Crippen LogP contribution in [0.15, 0.2) is 60.7 Å². The van der Waals surface area contributed by atoms with Crippen LogP contribution in [0.2, 0.25) is 0 Å². The Hall–Kier alpha value is -0.930. The van der Waals surface area contributed by atoms with Crippen molar-refractivity contribution in [3.8, 4) is 0 Å². The first-order valence-electron chi connectivity index (χ1n) is 6.91. The second-order valence-electron chi connectivity index (χ2n) is 5.53. The molecule has 0 aliphatic rings. The van der Waals surface area contributed by atoms with Crippen LogP contribution in [0.1, 0.15) is 13.8 Å². The number of halogens is 1. The van der Waals surface area contributed by atoms with Crippen molar-refractivity contribution in [2.45, 2.75) is 20.0 Å². The Balaban J connectivity index is 2.68. The minimum atomic E-state index is -3.05. The predicted molar refractivity (Wildman–Crippen MR) is 101 cm³/mol. The Bertz CT molecular complexity index is 580. The second-order valence-corrected chi connectivity index (χ2v) is 17.0. The predicted octanol–water partition coefficient (Wildman–Crippen LogP) is 4.72. The second kappa shape index (κ2) is 6.05. The molecule has 0 aliphatic heterocycles. The van der Waals surface area contributed by atoms with Gasteiger partial charge >= 0.3 is 139 Å². The van der Waals surface area contributed by atoms with Crippen LogP contribution in [0.4, 0.5) is 4.79 Å². The van der Waals surface area contributed by atoms with Crippen LogP contribution in [0.3, 0.4) is 0 Å². The topological polar surface area (TPSA) is 26.3 Å². The van der Waals surface area contributed by atoms with Gasteiger partial charge in [-0.25, -0.2) is 0 Å². The molecule has 2 nitrogen and oxygen atoms in total. The average Bonchev–Trinajstić information content (AvgIpc) is 2.48. The molecule has 2 rings (SSSR count). The third kappa shape index (κ3) is 3.00. The molecule has 0 N–H and O–H groups in total. The van der Waals surface area contributed by atoms with Gasteiger partial charge in [0.05, 0.1) is 0 Å². The van der Waals surface area contributed by atoms with Gasteiger partial charge in [-0.2, -0.15) is 0 Å². The molecule has 0 saturated carbocycles. The van der Waals surface area contributed by atoms with Crippen molar-refractivity contribution in [1.82, 2.24) is 0 Å². The summed E-state index contributed by atoms with van der Waals surface area (Å²) in [7, 11) is 0. The summed E-state index contributed by atoms with van der Waals surface area (Å²) < 4.78 is 2.58. The van der Waals surface area contributed by atoms with Gasteiger partial charge in [0.1, 0.15) is 0 Å². The molecule has 0 saturated heterocycles. The van der Waals surface area contributed by atoms with E-state index in [0.29, 0.717) is 0 Å². The van der Waals surface area contributed by atoms with Crippen LogP contribution in [0.5, 0.6) is 0 Å². The summed E-state index contributed by atoms with van der Waals surface area (Å²) in [4.78, 5) is 13.0. The summed E-state index contributed by atoms with van der Waals surface area (Å²) in [6.07, 6.45) is -0.124. The van der Waals surface area contributed by atoms with E-state index >= 15 is 0 Å². The number of carbonyl (C=O) groups excluding carboxylic acids is 1. The fraction of sp³-hybridized carbons (Fsp3) is 0.235. The number of ether oxygens (including phenoxy) is 1. The van der Waals surface area contributed by atoms with E-state index in [2.05, 4.69) is 28.7 Å². The number of benzene rings is 2. The molecular formula is C17H20IO2P. The Kier molecular flexibility index (Phi) is 4.74. The average molecular weight is 414 g/mol. The van der Waals surface area contributed by atoms with E-state index in [4.69, 9.17) is 4.74 Å². The Morgan fingerprint density at radius 1 is 0.952 bits per heavy atom. The fourth-order valence-corrected chi connectivity index (χ4v) is 7.47. The number of carbonyl (C=O) groups is 1. The van der Waals surface area contributed by atoms with Crippen LogP contribution in [-0.2, 0) is 4.74 Å². The maximum absolute atomic E-state index is 13.0. The molecule has 0 aromatic heterocycles. The number of hydrogen-bond acceptors (Lipinski definition) is 2. The van der Waals surface area contributed by atoms with Crippen LogP contribution in [0.25, 0.3) is 0 Å². The normalized spacial score (nSPS) is 13.5. The van der Waals surface area contributed by atoms with Crippen LogP contribution < -0.4 is 10.6 Å². The molecule has 0 radical (unpaired) electrons.